The average Bonchev–Trinajstić information content (AvgIpc) is 3.80. The quantitative estimate of drug-likeness (QED) is 0.178. The van der Waals surface area contributed by atoms with Crippen molar-refractivity contribution in [2.24, 2.45) is 0 Å². The Kier molecular flexibility index (Phi) is 7.04. The van der Waals surface area contributed by atoms with E-state index in [-0.39, 0.29) is 0 Å². The van der Waals surface area contributed by atoms with Crippen LogP contribution in [-0.2, 0) is 0 Å². The molecule has 11 aromatic rings. The van der Waals surface area contributed by atoms with Gasteiger partial charge in [0.05, 0.1) is 22.4 Å². The van der Waals surface area contributed by atoms with Gasteiger partial charge in [-0.25, -0.2) is 9.97 Å². The van der Waals surface area contributed by atoms with Crippen LogP contribution in [-0.4, -0.2) is 14.5 Å². The number of para-hydroxylation sites is 2. The molecule has 3 nitrogen and oxygen atoms in total. The normalized spacial score (nSPS) is 11.7. The van der Waals surface area contributed by atoms with Crippen LogP contribution < -0.4 is 0 Å². The van der Waals surface area contributed by atoms with Gasteiger partial charge in [-0.1, -0.05) is 146 Å². The van der Waals surface area contributed by atoms with E-state index < -0.39 is 0 Å². The van der Waals surface area contributed by atoms with Crippen molar-refractivity contribution in [3.63, 3.8) is 0 Å². The summed E-state index contributed by atoms with van der Waals surface area (Å²) >= 11 is 1.85. The molecule has 0 bridgehead atoms. The molecule has 252 valence electrons. The van der Waals surface area contributed by atoms with Crippen LogP contribution >= 0.6 is 11.3 Å². The lowest BCUT2D eigenvalue weighted by molar-refractivity contribution is 1.18. The number of nitrogens with zero attached hydrogens (tertiary/aromatic N) is 3. The van der Waals surface area contributed by atoms with Gasteiger partial charge in [-0.15, -0.1) is 11.3 Å². The number of fused-ring (bicyclic) bond motifs is 8. The molecule has 0 amide bonds. The Morgan fingerprint density at radius 3 is 1.85 bits per heavy atom. The van der Waals surface area contributed by atoms with Crippen molar-refractivity contribution >= 4 is 64.1 Å². The van der Waals surface area contributed by atoms with Crippen LogP contribution in [0, 0.1) is 0 Å². The minimum atomic E-state index is 0.725. The Hall–Kier alpha value is -6.88. The molecule has 11 rings (SSSR count). The molecule has 0 fully saturated rings. The minimum Gasteiger partial charge on any atom is -0.309 e. The van der Waals surface area contributed by atoms with Crippen LogP contribution in [0.1, 0.15) is 0 Å². The highest BCUT2D eigenvalue weighted by atomic mass is 32.1. The van der Waals surface area contributed by atoms with Gasteiger partial charge in [-0.05, 0) is 64.4 Å². The SMILES string of the molecule is c1ccc(-c2ccc(-c3cc(-c4ccc5ccccc5c4)nc(-c4cccc5c4sc4c5ccc5c4c4ccccc4n5-c4ccccc4)n3)cc2)cc1. The van der Waals surface area contributed by atoms with Gasteiger partial charge in [-0.2, -0.15) is 0 Å². The van der Waals surface area contributed by atoms with E-state index in [0.717, 1.165) is 39.6 Å². The molecule has 4 heteroatoms. The highest BCUT2D eigenvalue weighted by Gasteiger charge is 2.20. The van der Waals surface area contributed by atoms with Crippen molar-refractivity contribution in [2.75, 3.05) is 0 Å². The van der Waals surface area contributed by atoms with Crippen molar-refractivity contribution in [3.8, 4) is 50.7 Å². The fourth-order valence-electron chi connectivity index (χ4n) is 8.02. The van der Waals surface area contributed by atoms with E-state index in [9.17, 15) is 0 Å². The lowest BCUT2D eigenvalue weighted by Crippen LogP contribution is -1.96. The van der Waals surface area contributed by atoms with Crippen molar-refractivity contribution in [2.45, 2.75) is 0 Å². The first-order valence-electron chi connectivity index (χ1n) is 18.2. The summed E-state index contributed by atoms with van der Waals surface area (Å²) in [6.07, 6.45) is 0. The first kappa shape index (κ1) is 30.7. The predicted molar refractivity (Wildman–Crippen MR) is 229 cm³/mol. The fraction of sp³-hybridized carbons (Fsp3) is 0. The molecule has 0 atom stereocenters. The molecule has 0 aliphatic rings. The molecule has 0 radical (unpaired) electrons. The molecule has 3 aromatic heterocycles. The highest BCUT2D eigenvalue weighted by molar-refractivity contribution is 7.27. The Labute approximate surface area is 316 Å². The second kappa shape index (κ2) is 12.4. The molecule has 8 aromatic carbocycles. The van der Waals surface area contributed by atoms with Crippen molar-refractivity contribution in [1.29, 1.82) is 0 Å². The van der Waals surface area contributed by atoms with Gasteiger partial charge < -0.3 is 4.57 Å². The van der Waals surface area contributed by atoms with Gasteiger partial charge in [0.2, 0.25) is 0 Å². The van der Waals surface area contributed by atoms with Crippen molar-refractivity contribution in [1.82, 2.24) is 14.5 Å². The number of benzene rings is 8. The van der Waals surface area contributed by atoms with Crippen LogP contribution in [0.15, 0.2) is 188 Å². The lowest BCUT2D eigenvalue weighted by atomic mass is 10.0. The van der Waals surface area contributed by atoms with Gasteiger partial charge in [0, 0.05) is 53.3 Å². The number of rotatable bonds is 5. The van der Waals surface area contributed by atoms with Gasteiger partial charge >= 0.3 is 0 Å². The Balaban J connectivity index is 1.14. The van der Waals surface area contributed by atoms with E-state index >= 15 is 0 Å². The molecular formula is C50H31N3S. The standard InChI is InChI=1S/C50H31N3S/c1-3-12-32(13-4-1)34-22-25-35(26-23-34)43-31-44(37-27-24-33-14-7-8-15-36(33)30-37)52-50(51-43)42-20-11-19-39-40-28-29-46-47(49(40)54-48(39)42)41-18-9-10-21-45(41)53(46)38-16-5-2-6-17-38/h1-31H. The smallest absolute Gasteiger partial charge is 0.161 e. The molecule has 0 saturated carbocycles. The molecule has 0 saturated heterocycles. The van der Waals surface area contributed by atoms with E-state index in [1.54, 1.807) is 0 Å². The monoisotopic (exact) mass is 705 g/mol. The fourth-order valence-corrected chi connectivity index (χ4v) is 9.38. The molecule has 0 aliphatic carbocycles. The second-order valence-electron chi connectivity index (χ2n) is 13.8. The first-order chi connectivity index (χ1) is 26.8. The molecular weight excluding hydrogens is 675 g/mol. The van der Waals surface area contributed by atoms with Crippen LogP contribution in [0.5, 0.6) is 0 Å². The summed E-state index contributed by atoms with van der Waals surface area (Å²) < 4.78 is 4.86. The first-order valence-corrected chi connectivity index (χ1v) is 19.1. The van der Waals surface area contributed by atoms with E-state index in [4.69, 9.17) is 9.97 Å². The lowest BCUT2D eigenvalue weighted by Gasteiger charge is -2.11. The maximum Gasteiger partial charge on any atom is 0.161 e. The van der Waals surface area contributed by atoms with Crippen LogP contribution in [0.2, 0.25) is 0 Å². The van der Waals surface area contributed by atoms with Crippen molar-refractivity contribution < 1.29 is 0 Å². The van der Waals surface area contributed by atoms with Gasteiger partial charge in [0.25, 0.3) is 0 Å². The maximum atomic E-state index is 5.34. The summed E-state index contributed by atoms with van der Waals surface area (Å²) in [5.74, 6) is 0.725. The second-order valence-corrected chi connectivity index (χ2v) is 14.8. The number of aromatic nitrogens is 3. The largest absolute Gasteiger partial charge is 0.309 e. The molecule has 54 heavy (non-hydrogen) atoms. The third kappa shape index (κ3) is 4.96. The van der Waals surface area contributed by atoms with Gasteiger partial charge in [-0.3, -0.25) is 0 Å². The average molecular weight is 706 g/mol. The maximum absolute atomic E-state index is 5.34. The predicted octanol–water partition coefficient (Wildman–Crippen LogP) is 13.8. The number of thiophene rings is 1. The summed E-state index contributed by atoms with van der Waals surface area (Å²) in [4.78, 5) is 10.7. The van der Waals surface area contributed by atoms with Crippen molar-refractivity contribution in [3.05, 3.63) is 188 Å². The third-order valence-electron chi connectivity index (χ3n) is 10.6. The molecule has 0 unspecified atom stereocenters. The van der Waals surface area contributed by atoms with Crippen LogP contribution in [0.4, 0.5) is 0 Å². The van der Waals surface area contributed by atoms with Gasteiger partial charge in [0.1, 0.15) is 0 Å². The molecule has 3 heterocycles. The Morgan fingerprint density at radius 1 is 0.389 bits per heavy atom. The zero-order chi connectivity index (χ0) is 35.6. The van der Waals surface area contributed by atoms with Gasteiger partial charge in [0.15, 0.2) is 5.82 Å². The van der Waals surface area contributed by atoms with Crippen LogP contribution in [0.25, 0.3) is 103 Å². The zero-order valence-electron chi connectivity index (χ0n) is 29.1. The summed E-state index contributed by atoms with van der Waals surface area (Å²) in [6, 6.07) is 67.1. The number of hydrogen-bond donors (Lipinski definition) is 0. The Morgan fingerprint density at radius 2 is 1.02 bits per heavy atom. The molecule has 0 N–H and O–H groups in total. The Bertz CT molecular complexity index is 3200. The summed E-state index contributed by atoms with van der Waals surface area (Å²) in [5, 5.41) is 7.41. The van der Waals surface area contributed by atoms with Crippen LogP contribution in [0.3, 0.4) is 0 Å². The van der Waals surface area contributed by atoms with E-state index in [0.29, 0.717) is 0 Å². The highest BCUT2D eigenvalue weighted by Crippen LogP contribution is 2.46. The summed E-state index contributed by atoms with van der Waals surface area (Å²) in [5.41, 5.74) is 10.9. The molecule has 0 aliphatic heterocycles. The topological polar surface area (TPSA) is 30.7 Å². The minimum absolute atomic E-state index is 0.725. The van der Waals surface area contributed by atoms with E-state index in [1.165, 1.54) is 63.9 Å². The summed E-state index contributed by atoms with van der Waals surface area (Å²) in [7, 11) is 0. The summed E-state index contributed by atoms with van der Waals surface area (Å²) in [6.45, 7) is 0. The third-order valence-corrected chi connectivity index (χ3v) is 11.9. The van der Waals surface area contributed by atoms with E-state index in [1.807, 2.05) is 11.3 Å². The zero-order valence-corrected chi connectivity index (χ0v) is 30.0. The molecule has 0 spiro atoms. The number of hydrogen-bond acceptors (Lipinski definition) is 3. The van der Waals surface area contributed by atoms with E-state index in [2.05, 4.69) is 193 Å².